The first-order chi connectivity index (χ1) is 14.5. The van der Waals surface area contributed by atoms with E-state index in [9.17, 15) is 14.3 Å². The maximum Gasteiger partial charge on any atom is 0.256 e. The molecule has 0 saturated heterocycles. The summed E-state index contributed by atoms with van der Waals surface area (Å²) in [5, 5.41) is 17.0. The zero-order valence-corrected chi connectivity index (χ0v) is 16.2. The van der Waals surface area contributed by atoms with Gasteiger partial charge in [-0.05, 0) is 25.1 Å². The molecule has 156 valence electrons. The van der Waals surface area contributed by atoms with Crippen molar-refractivity contribution in [2.45, 2.75) is 25.6 Å². The Hall–Kier alpha value is -3.40. The van der Waals surface area contributed by atoms with E-state index in [0.29, 0.717) is 34.1 Å². The van der Waals surface area contributed by atoms with Crippen molar-refractivity contribution in [3.05, 3.63) is 47.5 Å². The number of hydrogen-bond donors (Lipinski definition) is 2. The highest BCUT2D eigenvalue weighted by Crippen LogP contribution is 2.35. The summed E-state index contributed by atoms with van der Waals surface area (Å²) in [5.41, 5.74) is 1.29. The molecule has 2 aliphatic heterocycles. The first-order valence-electron chi connectivity index (χ1n) is 9.65. The lowest BCUT2D eigenvalue weighted by Crippen LogP contribution is -2.45. The quantitative estimate of drug-likeness (QED) is 0.617. The number of fused-ring (bicyclic) bond motifs is 1. The van der Waals surface area contributed by atoms with Gasteiger partial charge in [-0.15, -0.1) is 0 Å². The molecule has 0 saturated carbocycles. The molecule has 1 aromatic carbocycles. The van der Waals surface area contributed by atoms with Crippen LogP contribution in [-0.4, -0.2) is 57.5 Å². The van der Waals surface area contributed by atoms with Crippen molar-refractivity contribution in [2.24, 2.45) is 0 Å². The standard InChI is InChI=1S/C20H20FN5O4/c1-11-5-22-20(28)15-6-23-26-8-17-19(24-18(15)26)25(14(9-27)10-29-17)7-12-4-13(21)2-3-16(12)30-11/h2-4,6,8,11,14,27H,5,7,9-10H2,1H3,(H,22,28)/t11-,14+/m0/s1. The van der Waals surface area contributed by atoms with Crippen molar-refractivity contribution in [1.82, 2.24) is 19.9 Å². The summed E-state index contributed by atoms with van der Waals surface area (Å²) in [6, 6.07) is 3.92. The van der Waals surface area contributed by atoms with E-state index in [-0.39, 0.29) is 38.3 Å². The smallest absolute Gasteiger partial charge is 0.256 e. The van der Waals surface area contributed by atoms with Crippen LogP contribution < -0.4 is 19.7 Å². The summed E-state index contributed by atoms with van der Waals surface area (Å²) in [6.07, 6.45) is 2.75. The van der Waals surface area contributed by atoms with Crippen molar-refractivity contribution < 1.29 is 23.8 Å². The van der Waals surface area contributed by atoms with Crippen LogP contribution in [0, 0.1) is 5.82 Å². The van der Waals surface area contributed by atoms with Crippen LogP contribution in [0.3, 0.4) is 0 Å². The predicted molar refractivity (Wildman–Crippen MR) is 104 cm³/mol. The molecular weight excluding hydrogens is 393 g/mol. The monoisotopic (exact) mass is 413 g/mol. The number of rotatable bonds is 1. The molecule has 2 atom stereocenters. The van der Waals surface area contributed by atoms with E-state index in [1.54, 1.807) is 12.3 Å². The van der Waals surface area contributed by atoms with E-state index in [4.69, 9.17) is 9.47 Å². The SMILES string of the molecule is C[C@H]1CNC(=O)c2cnn3cc4c(nc23)N(Cc2cc(F)ccc2O1)[C@H](CO)CO4. The molecule has 2 N–H and O–H groups in total. The minimum atomic E-state index is -0.397. The van der Waals surface area contributed by atoms with Gasteiger partial charge in [0.15, 0.2) is 17.2 Å². The van der Waals surface area contributed by atoms with Crippen molar-refractivity contribution in [3.8, 4) is 11.5 Å². The maximum atomic E-state index is 14.1. The van der Waals surface area contributed by atoms with Gasteiger partial charge in [-0.3, -0.25) is 4.79 Å². The molecule has 0 spiro atoms. The number of nitrogens with one attached hydrogen (secondary N) is 1. The van der Waals surface area contributed by atoms with Crippen LogP contribution in [0.4, 0.5) is 10.2 Å². The first kappa shape index (κ1) is 18.6. The lowest BCUT2D eigenvalue weighted by Gasteiger charge is -2.37. The molecule has 0 unspecified atom stereocenters. The highest BCUT2D eigenvalue weighted by atomic mass is 19.1. The molecular formula is C20H20FN5O4. The summed E-state index contributed by atoms with van der Waals surface area (Å²) in [6.45, 7) is 2.37. The average Bonchev–Trinajstić information content (AvgIpc) is 3.15. The Kier molecular flexibility index (Phi) is 4.43. The molecule has 5 rings (SSSR count). The van der Waals surface area contributed by atoms with Crippen molar-refractivity contribution in [3.63, 3.8) is 0 Å². The zero-order chi connectivity index (χ0) is 20.8. The number of hydrogen-bond acceptors (Lipinski definition) is 7. The van der Waals surface area contributed by atoms with Crippen LogP contribution in [-0.2, 0) is 6.54 Å². The molecule has 2 aliphatic rings. The van der Waals surface area contributed by atoms with Gasteiger partial charge in [0.1, 0.15) is 29.8 Å². The summed E-state index contributed by atoms with van der Waals surface area (Å²) in [7, 11) is 0. The van der Waals surface area contributed by atoms with Gasteiger partial charge in [0.2, 0.25) is 0 Å². The molecule has 10 heteroatoms. The van der Waals surface area contributed by atoms with E-state index in [1.807, 2.05) is 11.8 Å². The number of amides is 1. The highest BCUT2D eigenvalue weighted by Gasteiger charge is 2.31. The first-order valence-corrected chi connectivity index (χ1v) is 9.65. The number of nitrogens with zero attached hydrogens (tertiary/aromatic N) is 4. The van der Waals surface area contributed by atoms with Gasteiger partial charge in [0.25, 0.3) is 5.91 Å². The van der Waals surface area contributed by atoms with E-state index in [1.165, 1.54) is 22.8 Å². The highest BCUT2D eigenvalue weighted by molar-refractivity contribution is 5.99. The van der Waals surface area contributed by atoms with Crippen molar-refractivity contribution >= 4 is 17.4 Å². The molecule has 2 bridgehead atoms. The molecule has 0 aliphatic carbocycles. The van der Waals surface area contributed by atoms with Gasteiger partial charge in [-0.25, -0.2) is 13.9 Å². The lowest BCUT2D eigenvalue weighted by atomic mass is 10.1. The third-order valence-corrected chi connectivity index (χ3v) is 5.28. The number of benzene rings is 1. The molecule has 2 aromatic heterocycles. The van der Waals surface area contributed by atoms with Crippen LogP contribution in [0.25, 0.3) is 5.65 Å². The van der Waals surface area contributed by atoms with Gasteiger partial charge in [0, 0.05) is 12.1 Å². The van der Waals surface area contributed by atoms with Gasteiger partial charge in [-0.2, -0.15) is 5.10 Å². The molecule has 0 fully saturated rings. The fraction of sp³-hybridized carbons (Fsp3) is 0.350. The number of ether oxygens (including phenoxy) is 2. The number of halogens is 1. The normalized spacial score (nSPS) is 21.0. The summed E-state index contributed by atoms with van der Waals surface area (Å²) in [5.74, 6) is 0.701. The molecule has 3 aromatic rings. The summed E-state index contributed by atoms with van der Waals surface area (Å²) in [4.78, 5) is 19.2. The molecule has 30 heavy (non-hydrogen) atoms. The second kappa shape index (κ2) is 7.13. The molecule has 9 nitrogen and oxygen atoms in total. The Morgan fingerprint density at radius 1 is 1.37 bits per heavy atom. The largest absolute Gasteiger partial charge is 0.489 e. The van der Waals surface area contributed by atoms with E-state index in [0.717, 1.165) is 0 Å². The fourth-order valence-corrected chi connectivity index (χ4v) is 3.72. The summed E-state index contributed by atoms with van der Waals surface area (Å²) < 4.78 is 27.3. The topological polar surface area (TPSA) is 101 Å². The third kappa shape index (κ3) is 3.09. The van der Waals surface area contributed by atoms with Crippen LogP contribution in [0.15, 0.2) is 30.6 Å². The second-order valence-electron chi connectivity index (χ2n) is 7.42. The average molecular weight is 413 g/mol. The van der Waals surface area contributed by atoms with E-state index in [2.05, 4.69) is 15.4 Å². The maximum absolute atomic E-state index is 14.1. The Bertz CT molecular complexity index is 1130. The molecule has 1 amide bonds. The Morgan fingerprint density at radius 3 is 3.07 bits per heavy atom. The van der Waals surface area contributed by atoms with Crippen molar-refractivity contribution in [1.29, 1.82) is 0 Å². The molecule has 4 heterocycles. The zero-order valence-electron chi connectivity index (χ0n) is 16.2. The third-order valence-electron chi connectivity index (χ3n) is 5.28. The second-order valence-corrected chi connectivity index (χ2v) is 7.42. The summed E-state index contributed by atoms with van der Waals surface area (Å²) >= 11 is 0. The number of aliphatic hydroxyl groups is 1. The van der Waals surface area contributed by atoms with Gasteiger partial charge >= 0.3 is 0 Å². The van der Waals surface area contributed by atoms with E-state index >= 15 is 0 Å². The lowest BCUT2D eigenvalue weighted by molar-refractivity contribution is 0.0933. The Balaban J connectivity index is 1.70. The number of carbonyl (C=O) groups is 1. The van der Waals surface area contributed by atoms with Crippen LogP contribution >= 0.6 is 0 Å². The molecule has 0 radical (unpaired) electrons. The van der Waals surface area contributed by atoms with Gasteiger partial charge < -0.3 is 24.8 Å². The number of anilines is 1. The fourth-order valence-electron chi connectivity index (χ4n) is 3.72. The predicted octanol–water partition coefficient (Wildman–Crippen LogP) is 1.14. The van der Waals surface area contributed by atoms with Crippen molar-refractivity contribution in [2.75, 3.05) is 24.7 Å². The number of carbonyl (C=O) groups excluding carboxylic acids is 1. The minimum Gasteiger partial charge on any atom is -0.489 e. The van der Waals surface area contributed by atoms with E-state index < -0.39 is 11.9 Å². The Morgan fingerprint density at radius 2 is 2.23 bits per heavy atom. The number of aliphatic hydroxyl groups excluding tert-OH is 1. The van der Waals surface area contributed by atoms with Crippen LogP contribution in [0.1, 0.15) is 22.8 Å². The van der Waals surface area contributed by atoms with Gasteiger partial charge in [-0.1, -0.05) is 0 Å². The van der Waals surface area contributed by atoms with Crippen LogP contribution in [0.5, 0.6) is 11.5 Å². The van der Waals surface area contributed by atoms with Gasteiger partial charge in [0.05, 0.1) is 31.6 Å². The Labute approximate surface area is 171 Å². The van der Waals surface area contributed by atoms with Crippen LogP contribution in [0.2, 0.25) is 0 Å². The minimum absolute atomic E-state index is 0.180. The number of aromatic nitrogens is 3.